The number of aliphatic hydroxyl groups is 1. The van der Waals surface area contributed by atoms with Crippen LogP contribution in [0.5, 0.6) is 0 Å². The van der Waals surface area contributed by atoms with E-state index in [1.807, 2.05) is 16.8 Å². The first-order valence-electron chi connectivity index (χ1n) is 6.38. The van der Waals surface area contributed by atoms with Crippen molar-refractivity contribution in [3.05, 3.63) is 57.2 Å². The molecule has 1 aromatic carbocycles. The maximum Gasteiger partial charge on any atom is 0.215 e. The normalized spacial score (nSPS) is 13.2. The van der Waals surface area contributed by atoms with E-state index < -0.39 is 16.1 Å². The summed E-state index contributed by atoms with van der Waals surface area (Å²) in [6, 6.07) is 8.51. The SMILES string of the molecule is O=S(=O)(Cc1ccc(Cl)cc1)NCCC(O)c1ccsc1. The molecule has 114 valence electrons. The van der Waals surface area contributed by atoms with Crippen molar-refractivity contribution in [1.29, 1.82) is 0 Å². The summed E-state index contributed by atoms with van der Waals surface area (Å²) in [5, 5.41) is 14.2. The highest BCUT2D eigenvalue weighted by atomic mass is 35.5. The first-order valence-corrected chi connectivity index (χ1v) is 9.35. The second-order valence-corrected chi connectivity index (χ2v) is 7.66. The van der Waals surface area contributed by atoms with Gasteiger partial charge in [0.15, 0.2) is 0 Å². The van der Waals surface area contributed by atoms with Crippen LogP contribution in [0.4, 0.5) is 0 Å². The molecular weight excluding hydrogens is 330 g/mol. The van der Waals surface area contributed by atoms with Gasteiger partial charge in [-0.05, 0) is 46.5 Å². The Morgan fingerprint density at radius 1 is 1.24 bits per heavy atom. The van der Waals surface area contributed by atoms with Crippen molar-refractivity contribution >= 4 is 33.0 Å². The number of benzene rings is 1. The molecule has 1 aromatic heterocycles. The molecule has 2 rings (SSSR count). The zero-order valence-corrected chi connectivity index (χ0v) is 13.6. The van der Waals surface area contributed by atoms with Gasteiger partial charge < -0.3 is 5.11 Å². The number of sulfonamides is 1. The molecule has 0 bridgehead atoms. The lowest BCUT2D eigenvalue weighted by Crippen LogP contribution is -2.27. The Morgan fingerprint density at radius 3 is 2.57 bits per heavy atom. The summed E-state index contributed by atoms with van der Waals surface area (Å²) in [4.78, 5) is 0. The van der Waals surface area contributed by atoms with Crippen LogP contribution >= 0.6 is 22.9 Å². The number of rotatable bonds is 7. The maximum atomic E-state index is 11.9. The Kier molecular flexibility index (Phi) is 5.78. The summed E-state index contributed by atoms with van der Waals surface area (Å²) in [7, 11) is -3.41. The Labute approximate surface area is 133 Å². The fourth-order valence-corrected chi connectivity index (χ4v) is 3.83. The van der Waals surface area contributed by atoms with Crippen molar-refractivity contribution in [1.82, 2.24) is 4.72 Å². The van der Waals surface area contributed by atoms with Crippen LogP contribution in [-0.4, -0.2) is 20.1 Å². The van der Waals surface area contributed by atoms with Gasteiger partial charge in [-0.2, -0.15) is 11.3 Å². The third-order valence-electron chi connectivity index (χ3n) is 2.94. The van der Waals surface area contributed by atoms with Gasteiger partial charge in [0.1, 0.15) is 0 Å². The van der Waals surface area contributed by atoms with E-state index in [1.165, 1.54) is 11.3 Å². The average Bonchev–Trinajstić information content (AvgIpc) is 2.95. The zero-order valence-electron chi connectivity index (χ0n) is 11.2. The standard InChI is InChI=1S/C14H16ClNO3S2/c15-13-3-1-11(2-4-13)10-21(18,19)16-7-5-14(17)12-6-8-20-9-12/h1-4,6,8-9,14,16-17H,5,7,10H2. The lowest BCUT2D eigenvalue weighted by molar-refractivity contribution is 0.169. The molecule has 0 saturated heterocycles. The van der Waals surface area contributed by atoms with Crippen molar-refractivity contribution in [2.24, 2.45) is 0 Å². The molecule has 0 amide bonds. The van der Waals surface area contributed by atoms with Crippen LogP contribution in [-0.2, 0) is 15.8 Å². The van der Waals surface area contributed by atoms with Crippen LogP contribution in [0.25, 0.3) is 0 Å². The number of nitrogens with one attached hydrogen (secondary N) is 1. The van der Waals surface area contributed by atoms with E-state index in [9.17, 15) is 13.5 Å². The predicted octanol–water partition coefficient (Wildman–Crippen LogP) is 2.94. The maximum absolute atomic E-state index is 11.9. The largest absolute Gasteiger partial charge is 0.388 e. The van der Waals surface area contributed by atoms with Crippen molar-refractivity contribution in [3.8, 4) is 0 Å². The minimum Gasteiger partial charge on any atom is -0.388 e. The molecule has 2 N–H and O–H groups in total. The van der Waals surface area contributed by atoms with Gasteiger partial charge in [0, 0.05) is 11.6 Å². The zero-order chi connectivity index (χ0) is 15.3. The Bertz CT molecular complexity index is 654. The molecule has 21 heavy (non-hydrogen) atoms. The third-order valence-corrected chi connectivity index (χ3v) is 5.25. The third kappa shape index (κ3) is 5.41. The minimum absolute atomic E-state index is 0.0985. The molecule has 0 radical (unpaired) electrons. The summed E-state index contributed by atoms with van der Waals surface area (Å²) < 4.78 is 26.4. The number of hydrogen-bond acceptors (Lipinski definition) is 4. The van der Waals surface area contributed by atoms with Gasteiger partial charge in [-0.3, -0.25) is 0 Å². The Hall–Kier alpha value is -0.920. The molecule has 0 aliphatic heterocycles. The van der Waals surface area contributed by atoms with E-state index in [1.54, 1.807) is 24.3 Å². The molecule has 1 heterocycles. The summed E-state index contributed by atoms with van der Waals surface area (Å²) in [6.07, 6.45) is -0.300. The van der Waals surface area contributed by atoms with E-state index >= 15 is 0 Å². The van der Waals surface area contributed by atoms with Gasteiger partial charge in [-0.1, -0.05) is 23.7 Å². The summed E-state index contributed by atoms with van der Waals surface area (Å²) in [5.74, 6) is -0.0985. The first-order chi connectivity index (χ1) is 9.96. The Morgan fingerprint density at radius 2 is 1.95 bits per heavy atom. The predicted molar refractivity (Wildman–Crippen MR) is 86.0 cm³/mol. The van der Waals surface area contributed by atoms with Crippen molar-refractivity contribution < 1.29 is 13.5 Å². The van der Waals surface area contributed by atoms with Crippen molar-refractivity contribution in [2.45, 2.75) is 18.3 Å². The highest BCUT2D eigenvalue weighted by molar-refractivity contribution is 7.88. The average molecular weight is 346 g/mol. The molecule has 1 unspecified atom stereocenters. The molecule has 0 aliphatic carbocycles. The molecule has 7 heteroatoms. The van der Waals surface area contributed by atoms with E-state index in [0.29, 0.717) is 17.0 Å². The topological polar surface area (TPSA) is 66.4 Å². The van der Waals surface area contributed by atoms with Crippen LogP contribution in [0.2, 0.25) is 5.02 Å². The minimum atomic E-state index is -3.41. The van der Waals surface area contributed by atoms with Gasteiger partial charge >= 0.3 is 0 Å². The molecule has 0 aliphatic rings. The van der Waals surface area contributed by atoms with Crippen LogP contribution in [0.3, 0.4) is 0 Å². The van der Waals surface area contributed by atoms with E-state index in [-0.39, 0.29) is 12.3 Å². The fraction of sp³-hybridized carbons (Fsp3) is 0.286. The van der Waals surface area contributed by atoms with E-state index in [2.05, 4.69) is 4.72 Å². The number of aliphatic hydroxyl groups excluding tert-OH is 1. The molecular formula is C14H16ClNO3S2. The highest BCUT2D eigenvalue weighted by Gasteiger charge is 2.13. The lowest BCUT2D eigenvalue weighted by atomic mass is 10.1. The highest BCUT2D eigenvalue weighted by Crippen LogP contribution is 2.18. The smallest absolute Gasteiger partial charge is 0.215 e. The number of hydrogen-bond donors (Lipinski definition) is 2. The van der Waals surface area contributed by atoms with Gasteiger partial charge in [0.2, 0.25) is 10.0 Å². The van der Waals surface area contributed by atoms with Crippen molar-refractivity contribution in [2.75, 3.05) is 6.54 Å². The fourth-order valence-electron chi connectivity index (χ4n) is 1.83. The molecule has 4 nitrogen and oxygen atoms in total. The lowest BCUT2D eigenvalue weighted by Gasteiger charge is -2.10. The molecule has 1 atom stereocenters. The molecule has 2 aromatic rings. The second kappa shape index (κ2) is 7.38. The van der Waals surface area contributed by atoms with Crippen molar-refractivity contribution in [3.63, 3.8) is 0 Å². The Balaban J connectivity index is 1.82. The number of thiophene rings is 1. The first kappa shape index (κ1) is 16.5. The monoisotopic (exact) mass is 345 g/mol. The van der Waals surface area contributed by atoms with E-state index in [0.717, 1.165) is 5.56 Å². The summed E-state index contributed by atoms with van der Waals surface area (Å²) >= 11 is 7.26. The van der Waals surface area contributed by atoms with Crippen LogP contribution < -0.4 is 4.72 Å². The van der Waals surface area contributed by atoms with E-state index in [4.69, 9.17) is 11.6 Å². The number of halogens is 1. The second-order valence-electron chi connectivity index (χ2n) is 4.64. The van der Waals surface area contributed by atoms with Gasteiger partial charge in [0.05, 0.1) is 11.9 Å². The molecule has 0 spiro atoms. The molecule has 0 saturated carbocycles. The van der Waals surface area contributed by atoms with Crippen LogP contribution in [0.1, 0.15) is 23.7 Å². The van der Waals surface area contributed by atoms with Gasteiger partial charge in [0.25, 0.3) is 0 Å². The van der Waals surface area contributed by atoms with Gasteiger partial charge in [-0.25, -0.2) is 13.1 Å². The van der Waals surface area contributed by atoms with Crippen LogP contribution in [0.15, 0.2) is 41.1 Å². The summed E-state index contributed by atoms with van der Waals surface area (Å²) in [5.41, 5.74) is 1.49. The summed E-state index contributed by atoms with van der Waals surface area (Å²) in [6.45, 7) is 0.201. The molecule has 0 fully saturated rings. The van der Waals surface area contributed by atoms with Gasteiger partial charge in [-0.15, -0.1) is 0 Å². The quantitative estimate of drug-likeness (QED) is 0.810. The van der Waals surface area contributed by atoms with Crippen LogP contribution in [0, 0.1) is 0 Å².